The van der Waals surface area contributed by atoms with Gasteiger partial charge in [-0.2, -0.15) is 0 Å². The van der Waals surface area contributed by atoms with E-state index in [-0.39, 0.29) is 20.1 Å². The van der Waals surface area contributed by atoms with Gasteiger partial charge in [0.05, 0.1) is 6.42 Å². The van der Waals surface area contributed by atoms with E-state index < -0.39 is 19.1 Å². The number of alkyl halides is 2. The average Bonchev–Trinajstić information content (AvgIpc) is 1.27. The Morgan fingerprint density at radius 2 is 1.38 bits per heavy atom. The Balaban J connectivity index is 0. The van der Waals surface area contributed by atoms with E-state index in [1.54, 1.807) is 0 Å². The van der Waals surface area contributed by atoms with E-state index in [0.29, 0.717) is 0 Å². The van der Waals surface area contributed by atoms with Crippen molar-refractivity contribution in [3.05, 3.63) is 0 Å². The van der Waals surface area contributed by atoms with Gasteiger partial charge in [0.2, 0.25) is 12.7 Å². The molecule has 0 heterocycles. The summed E-state index contributed by atoms with van der Waals surface area (Å²) in [4.78, 5) is 0. The van der Waals surface area contributed by atoms with Crippen molar-refractivity contribution in [1.29, 1.82) is 0 Å². The fourth-order valence-corrected chi connectivity index (χ4v) is 0.160. The van der Waals surface area contributed by atoms with Crippen LogP contribution in [0.2, 0.25) is 0 Å². The first-order chi connectivity index (χ1) is 3.13. The van der Waals surface area contributed by atoms with E-state index in [1.807, 2.05) is 0 Å². The number of hydrogen-bond acceptors (Lipinski definition) is 2. The van der Waals surface area contributed by atoms with Crippen LogP contribution in [0.25, 0.3) is 0 Å². The molecule has 2 atom stereocenters. The summed E-state index contributed by atoms with van der Waals surface area (Å²) in [5, 5.41) is 15.3. The Bertz CT molecular complexity index is 44.5. The van der Waals surface area contributed by atoms with Crippen LogP contribution in [0.1, 0.15) is 6.42 Å². The van der Waals surface area contributed by atoms with Gasteiger partial charge < -0.3 is 10.2 Å². The average molecular weight is 304 g/mol. The molecular weight excluding hydrogens is 298 g/mol. The van der Waals surface area contributed by atoms with Gasteiger partial charge in [0.1, 0.15) is 0 Å². The summed E-state index contributed by atoms with van der Waals surface area (Å²) in [5.74, 6) is 0. The standard InChI is InChI=1S/C3H6F2O2.Ir/c4-2(6)1-3(5)7;/h2-3,6-7H,1H2;. The summed E-state index contributed by atoms with van der Waals surface area (Å²) in [6, 6.07) is 0. The topological polar surface area (TPSA) is 40.5 Å². The van der Waals surface area contributed by atoms with Crippen molar-refractivity contribution in [1.82, 2.24) is 0 Å². The van der Waals surface area contributed by atoms with Crippen molar-refractivity contribution in [3.63, 3.8) is 0 Å². The molecule has 53 valence electrons. The van der Waals surface area contributed by atoms with Crippen LogP contribution >= 0.6 is 0 Å². The van der Waals surface area contributed by atoms with Gasteiger partial charge >= 0.3 is 0 Å². The molecule has 0 aliphatic rings. The molecule has 0 aromatic rings. The molecule has 0 saturated carbocycles. The Hall–Kier alpha value is 0.429. The Kier molecular flexibility index (Phi) is 7.83. The van der Waals surface area contributed by atoms with E-state index >= 15 is 0 Å². The number of halogens is 2. The quantitative estimate of drug-likeness (QED) is 0.751. The Morgan fingerprint density at radius 3 is 1.38 bits per heavy atom. The zero-order chi connectivity index (χ0) is 5.86. The summed E-state index contributed by atoms with van der Waals surface area (Å²) in [6.07, 6.45) is -5.36. The zero-order valence-electron chi connectivity index (χ0n) is 3.85. The second-order valence-corrected chi connectivity index (χ2v) is 1.10. The van der Waals surface area contributed by atoms with Crippen LogP contribution in [0.5, 0.6) is 0 Å². The number of aliphatic hydroxyl groups is 2. The molecule has 0 aliphatic carbocycles. The SMILES string of the molecule is OC(F)CC(O)F.[Ir]. The van der Waals surface area contributed by atoms with Crippen LogP contribution in [-0.4, -0.2) is 22.9 Å². The third-order valence-corrected chi connectivity index (χ3v) is 0.389. The molecule has 0 saturated heterocycles. The number of aliphatic hydroxyl groups excluding tert-OH is 2. The summed E-state index contributed by atoms with van der Waals surface area (Å²) in [6.45, 7) is 0. The monoisotopic (exact) mass is 305 g/mol. The second-order valence-electron chi connectivity index (χ2n) is 1.10. The third kappa shape index (κ3) is 9.66. The smallest absolute Gasteiger partial charge is 0.201 e. The van der Waals surface area contributed by atoms with E-state index in [4.69, 9.17) is 10.2 Å². The van der Waals surface area contributed by atoms with Gasteiger partial charge in [0.15, 0.2) is 0 Å². The van der Waals surface area contributed by atoms with Crippen molar-refractivity contribution >= 4 is 0 Å². The molecule has 0 amide bonds. The maximum absolute atomic E-state index is 11.1. The third-order valence-electron chi connectivity index (χ3n) is 0.389. The van der Waals surface area contributed by atoms with Crippen molar-refractivity contribution < 1.29 is 39.1 Å². The molecule has 2 nitrogen and oxygen atoms in total. The first kappa shape index (κ1) is 11.3. The maximum atomic E-state index is 11.1. The minimum atomic E-state index is -2.25. The summed E-state index contributed by atoms with van der Waals surface area (Å²) in [7, 11) is 0. The number of rotatable bonds is 2. The van der Waals surface area contributed by atoms with Crippen LogP contribution in [0, 0.1) is 0 Å². The van der Waals surface area contributed by atoms with Gasteiger partial charge in [0.25, 0.3) is 0 Å². The molecule has 2 N–H and O–H groups in total. The van der Waals surface area contributed by atoms with Crippen molar-refractivity contribution in [3.8, 4) is 0 Å². The molecule has 2 unspecified atom stereocenters. The minimum Gasteiger partial charge on any atom is -0.364 e. The van der Waals surface area contributed by atoms with Crippen LogP contribution in [-0.2, 0) is 20.1 Å². The molecule has 0 bridgehead atoms. The predicted molar refractivity (Wildman–Crippen MR) is 18.8 cm³/mol. The fourth-order valence-electron chi connectivity index (χ4n) is 0.160. The molecular formula is C3H6F2IrO2. The predicted octanol–water partition coefficient (Wildman–Crippen LogP) is -0.0502. The van der Waals surface area contributed by atoms with Crippen LogP contribution in [0.3, 0.4) is 0 Å². The molecule has 0 aromatic carbocycles. The van der Waals surface area contributed by atoms with Gasteiger partial charge in [-0.3, -0.25) is 0 Å². The van der Waals surface area contributed by atoms with E-state index in [0.717, 1.165) is 0 Å². The van der Waals surface area contributed by atoms with Crippen LogP contribution < -0.4 is 0 Å². The Morgan fingerprint density at radius 1 is 1.12 bits per heavy atom. The first-order valence-electron chi connectivity index (χ1n) is 1.77. The summed E-state index contributed by atoms with van der Waals surface area (Å²) >= 11 is 0. The minimum absolute atomic E-state index is 0. The van der Waals surface area contributed by atoms with Gasteiger partial charge in [-0.25, -0.2) is 8.78 Å². The van der Waals surface area contributed by atoms with Crippen LogP contribution in [0.4, 0.5) is 8.78 Å². The van der Waals surface area contributed by atoms with Crippen molar-refractivity contribution in [2.45, 2.75) is 19.1 Å². The Labute approximate surface area is 58.9 Å². The summed E-state index contributed by atoms with van der Waals surface area (Å²) in [5.41, 5.74) is 0. The molecule has 5 heteroatoms. The molecule has 0 aromatic heterocycles. The molecule has 1 radical (unpaired) electrons. The summed E-state index contributed by atoms with van der Waals surface area (Å²) < 4.78 is 22.2. The molecule has 0 spiro atoms. The van der Waals surface area contributed by atoms with Crippen LogP contribution in [0.15, 0.2) is 0 Å². The van der Waals surface area contributed by atoms with Gasteiger partial charge in [-0.15, -0.1) is 0 Å². The van der Waals surface area contributed by atoms with Gasteiger partial charge in [-0.05, 0) is 0 Å². The van der Waals surface area contributed by atoms with E-state index in [1.165, 1.54) is 0 Å². The molecule has 0 aliphatic heterocycles. The van der Waals surface area contributed by atoms with Crippen molar-refractivity contribution in [2.24, 2.45) is 0 Å². The molecule has 8 heavy (non-hydrogen) atoms. The molecule has 0 fully saturated rings. The van der Waals surface area contributed by atoms with E-state index in [9.17, 15) is 8.78 Å². The van der Waals surface area contributed by atoms with Gasteiger partial charge in [-0.1, -0.05) is 0 Å². The van der Waals surface area contributed by atoms with E-state index in [2.05, 4.69) is 0 Å². The zero-order valence-corrected chi connectivity index (χ0v) is 6.24. The maximum Gasteiger partial charge on any atom is 0.201 e. The van der Waals surface area contributed by atoms with Crippen molar-refractivity contribution in [2.75, 3.05) is 0 Å². The first-order valence-corrected chi connectivity index (χ1v) is 1.77. The van der Waals surface area contributed by atoms with Gasteiger partial charge in [0, 0.05) is 20.1 Å². The second kappa shape index (κ2) is 5.56. The largest absolute Gasteiger partial charge is 0.364 e. The molecule has 0 rings (SSSR count). The number of hydrogen-bond donors (Lipinski definition) is 2. The fraction of sp³-hybridized carbons (Fsp3) is 1.00. The normalized spacial score (nSPS) is 16.5.